The highest BCUT2D eigenvalue weighted by Crippen LogP contribution is 2.19. The third-order valence-corrected chi connectivity index (χ3v) is 4.18. The van der Waals surface area contributed by atoms with Crippen LogP contribution in [0.1, 0.15) is 10.4 Å². The molecular formula is C17H17N3OS. The molecule has 112 valence electrons. The number of hydrogen-bond donors (Lipinski definition) is 1. The van der Waals surface area contributed by atoms with Gasteiger partial charge in [0, 0.05) is 24.3 Å². The topological polar surface area (TPSA) is 45.2 Å². The second-order valence-electron chi connectivity index (χ2n) is 4.97. The Hall–Kier alpha value is -2.27. The molecule has 5 heteroatoms. The molecule has 1 aliphatic rings. The number of benzene rings is 1. The number of anilines is 2. The van der Waals surface area contributed by atoms with E-state index in [0.29, 0.717) is 11.3 Å². The molecule has 0 radical (unpaired) electrons. The molecule has 0 unspecified atom stereocenters. The van der Waals surface area contributed by atoms with Gasteiger partial charge in [0.15, 0.2) is 0 Å². The van der Waals surface area contributed by atoms with E-state index in [2.05, 4.69) is 27.4 Å². The Morgan fingerprint density at radius 3 is 2.45 bits per heavy atom. The molecule has 0 fully saturated rings. The van der Waals surface area contributed by atoms with Crippen LogP contribution in [-0.4, -0.2) is 30.2 Å². The van der Waals surface area contributed by atoms with E-state index in [1.165, 1.54) is 0 Å². The largest absolute Gasteiger partial charge is 0.364 e. The first-order chi connectivity index (χ1) is 10.8. The number of nitrogens with zero attached hydrogens (tertiary/aromatic N) is 2. The Morgan fingerprint density at radius 1 is 1.14 bits per heavy atom. The molecule has 1 aliphatic heterocycles. The first kappa shape index (κ1) is 14.7. The Morgan fingerprint density at radius 2 is 1.86 bits per heavy atom. The first-order valence-corrected chi connectivity index (χ1v) is 8.30. The minimum atomic E-state index is -0.121. The van der Waals surface area contributed by atoms with Crippen molar-refractivity contribution in [3.05, 3.63) is 60.3 Å². The molecule has 0 atom stereocenters. The van der Waals surface area contributed by atoms with Crippen molar-refractivity contribution in [1.29, 1.82) is 0 Å². The number of carbonyl (C=O) groups excluding carboxylic acids is 1. The van der Waals surface area contributed by atoms with Gasteiger partial charge in [0.25, 0.3) is 5.91 Å². The highest BCUT2D eigenvalue weighted by molar-refractivity contribution is 7.98. The van der Waals surface area contributed by atoms with Gasteiger partial charge in [0.2, 0.25) is 0 Å². The van der Waals surface area contributed by atoms with E-state index < -0.39 is 0 Å². The van der Waals surface area contributed by atoms with Gasteiger partial charge in [-0.25, -0.2) is 4.98 Å². The average molecular weight is 311 g/mol. The minimum Gasteiger partial charge on any atom is -0.364 e. The van der Waals surface area contributed by atoms with Crippen LogP contribution in [0, 0.1) is 0 Å². The number of pyridine rings is 1. The van der Waals surface area contributed by atoms with Gasteiger partial charge in [-0.2, -0.15) is 0 Å². The van der Waals surface area contributed by atoms with Crippen molar-refractivity contribution < 1.29 is 4.79 Å². The fraction of sp³-hybridized carbons (Fsp3) is 0.176. The number of rotatable bonds is 4. The van der Waals surface area contributed by atoms with Crippen LogP contribution >= 0.6 is 11.8 Å². The SMILES string of the molecule is CSc1ccc(NC(=O)c2ccc(N3CC=CC3)cc2)cn1. The molecule has 1 aromatic heterocycles. The predicted octanol–water partition coefficient (Wildman–Crippen LogP) is 3.43. The third-order valence-electron chi connectivity index (χ3n) is 3.52. The van der Waals surface area contributed by atoms with Crippen LogP contribution in [0.5, 0.6) is 0 Å². The molecule has 0 aliphatic carbocycles. The van der Waals surface area contributed by atoms with Crippen molar-refractivity contribution in [3.8, 4) is 0 Å². The summed E-state index contributed by atoms with van der Waals surface area (Å²) in [5, 5.41) is 3.79. The summed E-state index contributed by atoms with van der Waals surface area (Å²) in [6.45, 7) is 1.86. The molecule has 2 aromatic rings. The lowest BCUT2D eigenvalue weighted by molar-refractivity contribution is 0.102. The molecule has 1 amide bonds. The van der Waals surface area contributed by atoms with Gasteiger partial charge in [-0.3, -0.25) is 4.79 Å². The molecule has 1 aromatic carbocycles. The summed E-state index contributed by atoms with van der Waals surface area (Å²) in [4.78, 5) is 18.7. The molecule has 22 heavy (non-hydrogen) atoms. The quantitative estimate of drug-likeness (QED) is 0.694. The van der Waals surface area contributed by atoms with Crippen molar-refractivity contribution in [1.82, 2.24) is 4.98 Å². The van der Waals surface area contributed by atoms with Crippen molar-refractivity contribution in [2.24, 2.45) is 0 Å². The Bertz CT molecular complexity index is 672. The Kier molecular flexibility index (Phi) is 4.44. The summed E-state index contributed by atoms with van der Waals surface area (Å²) in [6, 6.07) is 11.4. The molecule has 3 rings (SSSR count). The van der Waals surface area contributed by atoms with Crippen LogP contribution in [0.15, 0.2) is 59.8 Å². The molecule has 2 heterocycles. The monoisotopic (exact) mass is 311 g/mol. The maximum atomic E-state index is 12.2. The van der Waals surface area contributed by atoms with Crippen LogP contribution in [0.25, 0.3) is 0 Å². The minimum absolute atomic E-state index is 0.121. The summed E-state index contributed by atoms with van der Waals surface area (Å²) < 4.78 is 0. The maximum absolute atomic E-state index is 12.2. The molecule has 1 N–H and O–H groups in total. The van der Waals surface area contributed by atoms with Gasteiger partial charge in [-0.05, 0) is 42.7 Å². The van der Waals surface area contributed by atoms with Crippen LogP contribution < -0.4 is 10.2 Å². The van der Waals surface area contributed by atoms with Gasteiger partial charge < -0.3 is 10.2 Å². The normalized spacial score (nSPS) is 13.4. The van der Waals surface area contributed by atoms with E-state index >= 15 is 0 Å². The summed E-state index contributed by atoms with van der Waals surface area (Å²) in [5.41, 5.74) is 2.48. The second-order valence-corrected chi connectivity index (χ2v) is 5.79. The third kappa shape index (κ3) is 3.31. The molecule has 4 nitrogen and oxygen atoms in total. The van der Waals surface area contributed by atoms with Crippen molar-refractivity contribution in [2.45, 2.75) is 5.03 Å². The van der Waals surface area contributed by atoms with Gasteiger partial charge >= 0.3 is 0 Å². The zero-order chi connectivity index (χ0) is 15.4. The predicted molar refractivity (Wildman–Crippen MR) is 91.8 cm³/mol. The van der Waals surface area contributed by atoms with Crippen LogP contribution in [0.4, 0.5) is 11.4 Å². The average Bonchev–Trinajstić information content (AvgIpc) is 3.10. The van der Waals surface area contributed by atoms with Gasteiger partial charge in [0.1, 0.15) is 0 Å². The second kappa shape index (κ2) is 6.66. The standard InChI is InChI=1S/C17H17N3OS/c1-22-16-9-6-14(12-18-16)19-17(21)13-4-7-15(8-5-13)20-10-2-3-11-20/h2-9,12H,10-11H2,1H3,(H,19,21). The maximum Gasteiger partial charge on any atom is 0.255 e. The molecule has 0 bridgehead atoms. The number of aromatic nitrogens is 1. The smallest absolute Gasteiger partial charge is 0.255 e. The van der Waals surface area contributed by atoms with Gasteiger partial charge in [-0.15, -0.1) is 11.8 Å². The van der Waals surface area contributed by atoms with E-state index in [1.54, 1.807) is 18.0 Å². The summed E-state index contributed by atoms with van der Waals surface area (Å²) in [6.07, 6.45) is 7.93. The highest BCUT2D eigenvalue weighted by atomic mass is 32.2. The van der Waals surface area contributed by atoms with Crippen molar-refractivity contribution in [2.75, 3.05) is 29.6 Å². The Balaban J connectivity index is 1.66. The first-order valence-electron chi connectivity index (χ1n) is 7.07. The van der Waals surface area contributed by atoms with Crippen LogP contribution in [0.3, 0.4) is 0 Å². The van der Waals surface area contributed by atoms with Gasteiger partial charge in [0.05, 0.1) is 16.9 Å². The van der Waals surface area contributed by atoms with E-state index in [1.807, 2.05) is 42.7 Å². The van der Waals surface area contributed by atoms with E-state index in [-0.39, 0.29) is 5.91 Å². The summed E-state index contributed by atoms with van der Waals surface area (Å²) in [5.74, 6) is -0.121. The fourth-order valence-electron chi connectivity index (χ4n) is 2.29. The molecule has 0 spiro atoms. The lowest BCUT2D eigenvalue weighted by atomic mass is 10.2. The Labute approximate surface area is 134 Å². The van der Waals surface area contributed by atoms with Crippen molar-refractivity contribution >= 4 is 29.0 Å². The molecule has 0 saturated heterocycles. The van der Waals surface area contributed by atoms with E-state index in [4.69, 9.17) is 0 Å². The number of nitrogens with one attached hydrogen (secondary N) is 1. The lowest BCUT2D eigenvalue weighted by Crippen LogP contribution is -2.18. The van der Waals surface area contributed by atoms with Crippen molar-refractivity contribution in [3.63, 3.8) is 0 Å². The summed E-state index contributed by atoms with van der Waals surface area (Å²) >= 11 is 1.57. The molecule has 0 saturated carbocycles. The fourth-order valence-corrected chi connectivity index (χ4v) is 2.65. The lowest BCUT2D eigenvalue weighted by Gasteiger charge is -2.17. The number of hydrogen-bond acceptors (Lipinski definition) is 4. The van der Waals surface area contributed by atoms with E-state index in [0.717, 1.165) is 23.8 Å². The number of carbonyl (C=O) groups is 1. The zero-order valence-electron chi connectivity index (χ0n) is 12.3. The number of amides is 1. The zero-order valence-corrected chi connectivity index (χ0v) is 13.1. The highest BCUT2D eigenvalue weighted by Gasteiger charge is 2.10. The van der Waals surface area contributed by atoms with Crippen LogP contribution in [0.2, 0.25) is 0 Å². The summed E-state index contributed by atoms with van der Waals surface area (Å²) in [7, 11) is 0. The van der Waals surface area contributed by atoms with E-state index in [9.17, 15) is 4.79 Å². The van der Waals surface area contributed by atoms with Gasteiger partial charge in [-0.1, -0.05) is 12.2 Å². The molecular weight excluding hydrogens is 294 g/mol. The number of thioether (sulfide) groups is 1. The van der Waals surface area contributed by atoms with Crippen LogP contribution in [-0.2, 0) is 0 Å².